The molecule has 0 aliphatic heterocycles. The van der Waals surface area contributed by atoms with Crippen LogP contribution in [0.25, 0.3) is 22.5 Å². The van der Waals surface area contributed by atoms with Gasteiger partial charge in [0.2, 0.25) is 12.6 Å². The molecule has 0 fully saturated rings. The van der Waals surface area contributed by atoms with E-state index in [-0.39, 0.29) is 61.4 Å². The van der Waals surface area contributed by atoms with Crippen molar-refractivity contribution < 1.29 is 53.0 Å². The Labute approximate surface area is 330 Å². The van der Waals surface area contributed by atoms with Crippen molar-refractivity contribution in [3.05, 3.63) is 129 Å². The van der Waals surface area contributed by atoms with Crippen LogP contribution in [0.1, 0.15) is 77.4 Å². The smallest absolute Gasteiger partial charge is 0.453 e. The van der Waals surface area contributed by atoms with Gasteiger partial charge in [-0.15, -0.1) is 15.0 Å². The zero-order valence-electron chi connectivity index (χ0n) is 32.0. The number of imidazole rings is 1. The van der Waals surface area contributed by atoms with Crippen LogP contribution in [0.2, 0.25) is 0 Å². The lowest BCUT2D eigenvalue weighted by molar-refractivity contribution is -0.497. The molecule has 0 unspecified atom stereocenters. The van der Waals surface area contributed by atoms with E-state index < -0.39 is 23.5 Å². The first-order chi connectivity index (χ1) is 27.8. The molecular formula is C39H41N7O12. The minimum absolute atomic E-state index is 0.0686. The third-order valence-corrected chi connectivity index (χ3v) is 8.71. The van der Waals surface area contributed by atoms with E-state index in [9.17, 15) is 19.5 Å². The molecule has 0 bridgehead atoms. The molecular weight excluding hydrogens is 758 g/mol. The number of nitrogens with zero attached hydrogens (tertiary/aromatic N) is 7. The van der Waals surface area contributed by atoms with Gasteiger partial charge in [-0.1, -0.05) is 79.7 Å². The number of carbonyl (C=O) groups excluding carboxylic acids is 2. The molecule has 6 rings (SSSR count). The Balaban J connectivity index is 1.13. The van der Waals surface area contributed by atoms with Gasteiger partial charge in [0.05, 0.1) is 12.0 Å². The predicted octanol–water partition coefficient (Wildman–Crippen LogP) is 5.47. The number of rotatable bonds is 17. The number of ether oxygens (including phenoxy) is 3. The van der Waals surface area contributed by atoms with Gasteiger partial charge < -0.3 is 32.7 Å². The molecule has 58 heavy (non-hydrogen) atoms. The van der Waals surface area contributed by atoms with Gasteiger partial charge in [-0.05, 0) is 60.2 Å². The highest BCUT2D eigenvalue weighted by atomic mass is 17.1. The maximum atomic E-state index is 13.6. The normalized spacial score (nSPS) is 11.6. The summed E-state index contributed by atoms with van der Waals surface area (Å²) >= 11 is 0. The standard InChI is InChI=1S/C39H41N7O12/c1-5-8-32-40-34(39(3,4)50)33(36(47)53-22-31-24(2)57-38(49)58-31)44(32)19-25-15-17-28(18-16-25)29-9-6-7-10-30(29)35-41-43-45(42-35)23-55-37(48)54-20-26-11-13-27(14-12-26)21-56-46(51)52/h6-7,9-18,50-52H,5,8,19-23H2,1-4H3. The predicted molar refractivity (Wildman–Crippen MR) is 198 cm³/mol. The highest BCUT2D eigenvalue weighted by molar-refractivity contribution is 5.89. The van der Waals surface area contributed by atoms with Gasteiger partial charge in [-0.25, -0.2) is 24.2 Å². The molecule has 19 heteroatoms. The van der Waals surface area contributed by atoms with E-state index in [4.69, 9.17) is 33.5 Å². The minimum Gasteiger partial charge on any atom is -0.453 e. The molecule has 0 radical (unpaired) electrons. The van der Waals surface area contributed by atoms with Crippen molar-refractivity contribution in [1.29, 1.82) is 0 Å². The number of aliphatic hydroxyl groups is 1. The summed E-state index contributed by atoms with van der Waals surface area (Å²) in [5.74, 6) is -0.491. The summed E-state index contributed by atoms with van der Waals surface area (Å²) in [7, 11) is 0. The summed E-state index contributed by atoms with van der Waals surface area (Å²) in [6.45, 7) is 6.00. The monoisotopic (exact) mass is 799 g/mol. The Kier molecular flexibility index (Phi) is 12.9. The second kappa shape index (κ2) is 18.2. The average Bonchev–Trinajstić information content (AvgIpc) is 3.91. The number of hydrogen-bond acceptors (Lipinski definition) is 17. The van der Waals surface area contributed by atoms with Gasteiger partial charge >= 0.3 is 17.9 Å². The molecule has 0 atom stereocenters. The fraction of sp³-hybridized carbons (Fsp3) is 0.308. The number of aromatic nitrogens is 6. The molecule has 304 valence electrons. The molecule has 3 N–H and O–H groups in total. The van der Waals surface area contributed by atoms with Crippen LogP contribution >= 0.6 is 0 Å². The number of carbonyl (C=O) groups is 2. The van der Waals surface area contributed by atoms with E-state index in [1.807, 2.05) is 55.5 Å². The lowest BCUT2D eigenvalue weighted by Crippen LogP contribution is -2.23. The van der Waals surface area contributed by atoms with Crippen LogP contribution in [0.5, 0.6) is 0 Å². The van der Waals surface area contributed by atoms with Crippen molar-refractivity contribution in [2.24, 2.45) is 0 Å². The van der Waals surface area contributed by atoms with E-state index >= 15 is 0 Å². The van der Waals surface area contributed by atoms with E-state index in [1.165, 1.54) is 6.92 Å². The Morgan fingerprint density at radius 3 is 2.17 bits per heavy atom. The maximum absolute atomic E-state index is 13.6. The van der Waals surface area contributed by atoms with Crippen molar-refractivity contribution in [2.75, 3.05) is 0 Å². The molecule has 3 aromatic heterocycles. The van der Waals surface area contributed by atoms with E-state index in [2.05, 4.69) is 25.2 Å². The lowest BCUT2D eigenvalue weighted by Gasteiger charge is -2.17. The number of hydrogen-bond donors (Lipinski definition) is 3. The maximum Gasteiger partial charge on any atom is 0.519 e. The van der Waals surface area contributed by atoms with Crippen LogP contribution in [0, 0.1) is 6.92 Å². The summed E-state index contributed by atoms with van der Waals surface area (Å²) in [5, 5.41) is 40.6. The molecule has 6 aromatic rings. The zero-order chi connectivity index (χ0) is 41.4. The molecule has 0 saturated heterocycles. The summed E-state index contributed by atoms with van der Waals surface area (Å²) in [5.41, 5.74) is 3.25. The molecule has 19 nitrogen and oxygen atoms in total. The van der Waals surface area contributed by atoms with Crippen LogP contribution in [0.3, 0.4) is 0 Å². The van der Waals surface area contributed by atoms with Gasteiger partial charge in [0, 0.05) is 18.5 Å². The van der Waals surface area contributed by atoms with Crippen molar-refractivity contribution >= 4 is 12.1 Å². The van der Waals surface area contributed by atoms with Crippen molar-refractivity contribution in [3.8, 4) is 22.5 Å². The quantitative estimate of drug-likeness (QED) is 0.0766. The molecule has 0 spiro atoms. The van der Waals surface area contributed by atoms with Crippen molar-refractivity contribution in [2.45, 2.75) is 79.2 Å². The van der Waals surface area contributed by atoms with E-state index in [1.54, 1.807) is 42.7 Å². The minimum atomic E-state index is -1.47. The van der Waals surface area contributed by atoms with Gasteiger partial charge in [0.1, 0.15) is 23.7 Å². The van der Waals surface area contributed by atoms with Crippen LogP contribution in [-0.4, -0.2) is 62.8 Å². The Bertz CT molecular complexity index is 2390. The third kappa shape index (κ3) is 10.3. The Hall–Kier alpha value is -6.51. The van der Waals surface area contributed by atoms with Gasteiger partial charge in [-0.2, -0.15) is 0 Å². The highest BCUT2D eigenvalue weighted by Gasteiger charge is 2.33. The topological polar surface area (TPSA) is 240 Å². The average molecular weight is 800 g/mol. The van der Waals surface area contributed by atoms with Gasteiger partial charge in [0.25, 0.3) is 0 Å². The number of tetrazole rings is 1. The van der Waals surface area contributed by atoms with Gasteiger partial charge in [0.15, 0.2) is 23.8 Å². The van der Waals surface area contributed by atoms with Crippen LogP contribution in [0.4, 0.5) is 4.79 Å². The number of aryl methyl sites for hydroxylation is 2. The summed E-state index contributed by atoms with van der Waals surface area (Å²) in [6, 6.07) is 21.9. The van der Waals surface area contributed by atoms with Crippen molar-refractivity contribution in [3.63, 3.8) is 0 Å². The van der Waals surface area contributed by atoms with Crippen LogP contribution < -0.4 is 5.82 Å². The first kappa shape index (κ1) is 41.1. The van der Waals surface area contributed by atoms with Gasteiger partial charge in [-0.3, -0.25) is 10.4 Å². The summed E-state index contributed by atoms with van der Waals surface area (Å²) < 4.78 is 27.5. The van der Waals surface area contributed by atoms with E-state index in [0.717, 1.165) is 27.9 Å². The second-order valence-electron chi connectivity index (χ2n) is 13.5. The fourth-order valence-electron chi connectivity index (χ4n) is 5.89. The SMILES string of the molecule is CCCc1nc(C(C)(C)O)c(C(=O)OCc2oc(=O)oc2C)n1Cc1ccc(-c2ccccc2-c2nnn(COC(=O)OCc3ccc(CON(O)O)cc3)n2)cc1. The molecule has 0 amide bonds. The van der Waals surface area contributed by atoms with Crippen LogP contribution in [0.15, 0.2) is 86.4 Å². The first-order valence-corrected chi connectivity index (χ1v) is 18.0. The van der Waals surface area contributed by atoms with Crippen molar-refractivity contribution in [1.82, 2.24) is 35.1 Å². The third-order valence-electron chi connectivity index (χ3n) is 8.71. The second-order valence-corrected chi connectivity index (χ2v) is 13.5. The lowest BCUT2D eigenvalue weighted by atomic mass is 9.98. The largest absolute Gasteiger partial charge is 0.519 e. The number of benzene rings is 3. The Morgan fingerprint density at radius 2 is 1.53 bits per heavy atom. The zero-order valence-corrected chi connectivity index (χ0v) is 32.0. The first-order valence-electron chi connectivity index (χ1n) is 18.0. The molecule has 3 heterocycles. The van der Waals surface area contributed by atoms with E-state index in [0.29, 0.717) is 34.8 Å². The molecule has 0 saturated carbocycles. The summed E-state index contributed by atoms with van der Waals surface area (Å²) in [4.78, 5) is 47.8. The summed E-state index contributed by atoms with van der Waals surface area (Å²) in [6.07, 6.45) is 0.315. The fourth-order valence-corrected chi connectivity index (χ4v) is 5.89. The molecule has 0 aliphatic rings. The highest BCUT2D eigenvalue weighted by Crippen LogP contribution is 2.31. The molecule has 0 aliphatic carbocycles. The van der Waals surface area contributed by atoms with Crippen LogP contribution in [-0.2, 0) is 64.2 Å². The molecule has 3 aromatic carbocycles. The number of esters is 1. The Morgan fingerprint density at radius 1 is 0.862 bits per heavy atom.